The second-order valence-electron chi connectivity index (χ2n) is 2.93. The van der Waals surface area contributed by atoms with Gasteiger partial charge in [0.25, 0.3) is 0 Å². The van der Waals surface area contributed by atoms with Gasteiger partial charge in [0.15, 0.2) is 9.52 Å². The van der Waals surface area contributed by atoms with E-state index in [1.54, 1.807) is 11.3 Å². The zero-order valence-corrected chi connectivity index (χ0v) is 10.8. The molecule has 4 nitrogen and oxygen atoms in total. The van der Waals surface area contributed by atoms with Crippen LogP contribution in [0.4, 0.5) is 0 Å². The van der Waals surface area contributed by atoms with Gasteiger partial charge in [-0.05, 0) is 9.88 Å². The molecule has 0 radical (unpaired) electrons. The summed E-state index contributed by atoms with van der Waals surface area (Å²) in [6.07, 6.45) is 0. The number of thiophene rings is 1. The van der Waals surface area contributed by atoms with Crippen LogP contribution in [0.2, 0.25) is 0 Å². The first-order valence-electron chi connectivity index (χ1n) is 4.44. The summed E-state index contributed by atoms with van der Waals surface area (Å²) in [6.45, 7) is 2.61. The van der Waals surface area contributed by atoms with Crippen molar-refractivity contribution in [2.45, 2.75) is 19.8 Å². The van der Waals surface area contributed by atoms with Crippen molar-refractivity contribution >= 4 is 37.3 Å². The molecule has 0 N–H and O–H groups in total. The van der Waals surface area contributed by atoms with Gasteiger partial charge in [0.05, 0.1) is 0 Å². The molecule has 1 rings (SSSR count). The van der Waals surface area contributed by atoms with Crippen LogP contribution in [0, 0.1) is 0 Å². The predicted octanol–water partition coefficient (Wildman–Crippen LogP) is -0.0480. The molecule has 1 aromatic rings. The highest BCUT2D eigenvalue weighted by molar-refractivity contribution is 7.19. The van der Waals surface area contributed by atoms with Crippen molar-refractivity contribution in [2.75, 3.05) is 0 Å². The Hall–Kier alpha value is -1.14. The Balaban J connectivity index is 2.55. The van der Waals surface area contributed by atoms with Crippen LogP contribution in [-0.4, -0.2) is 27.4 Å². The maximum absolute atomic E-state index is 10.8. The predicted molar refractivity (Wildman–Crippen MR) is 59.8 cm³/mol. The number of hydrogen-bond donors (Lipinski definition) is 0. The maximum atomic E-state index is 10.8. The monoisotopic (exact) mass is 244 g/mol. The molecule has 0 bridgehead atoms. The molecule has 0 unspecified atom stereocenters. The fraction of sp³-hybridized carbons (Fsp3) is 0.333. The molecule has 0 atom stereocenters. The Labute approximate surface area is 94.0 Å². The molecule has 0 spiro atoms. The van der Waals surface area contributed by atoms with E-state index in [9.17, 15) is 9.59 Å². The van der Waals surface area contributed by atoms with Crippen LogP contribution in [0.15, 0.2) is 17.5 Å². The Kier molecular flexibility index (Phi) is 4.51. The minimum atomic E-state index is -0.908. The van der Waals surface area contributed by atoms with E-state index in [-0.39, 0.29) is 0 Å². The SMILES string of the molecule is CC(=O)OC(OC(C)=O)[SiH2]c1cccs1. The summed E-state index contributed by atoms with van der Waals surface area (Å²) in [5.41, 5.74) is 0. The van der Waals surface area contributed by atoms with E-state index >= 15 is 0 Å². The number of ether oxygens (including phenoxy) is 2. The van der Waals surface area contributed by atoms with Crippen molar-refractivity contribution in [1.29, 1.82) is 0 Å². The topological polar surface area (TPSA) is 52.6 Å². The van der Waals surface area contributed by atoms with Gasteiger partial charge in [0.1, 0.15) is 0 Å². The lowest BCUT2D eigenvalue weighted by Gasteiger charge is -2.15. The highest BCUT2D eigenvalue weighted by Gasteiger charge is 2.16. The highest BCUT2D eigenvalue weighted by atomic mass is 32.1. The van der Waals surface area contributed by atoms with Gasteiger partial charge < -0.3 is 9.47 Å². The van der Waals surface area contributed by atoms with Crippen molar-refractivity contribution in [3.05, 3.63) is 17.5 Å². The first kappa shape index (κ1) is 11.9. The zero-order chi connectivity index (χ0) is 11.3. The summed E-state index contributed by atoms with van der Waals surface area (Å²) in [4.78, 5) is 21.6. The van der Waals surface area contributed by atoms with Crippen LogP contribution < -0.4 is 4.50 Å². The highest BCUT2D eigenvalue weighted by Crippen LogP contribution is 1.99. The average molecular weight is 244 g/mol. The second kappa shape index (κ2) is 5.67. The van der Waals surface area contributed by atoms with Crippen LogP contribution in [0.3, 0.4) is 0 Å². The fourth-order valence-electron chi connectivity index (χ4n) is 1.07. The zero-order valence-electron chi connectivity index (χ0n) is 8.56. The van der Waals surface area contributed by atoms with Crippen LogP contribution in [0.25, 0.3) is 0 Å². The quantitative estimate of drug-likeness (QED) is 0.423. The summed E-state index contributed by atoms with van der Waals surface area (Å²) >= 11 is 1.58. The van der Waals surface area contributed by atoms with Gasteiger partial charge in [-0.15, -0.1) is 0 Å². The standard InChI is InChI=1S/C9H12O4SSi/c1-6(10)12-9(13-7(2)11)15-8-4-3-5-14-8/h3-5,9H,15H2,1-2H3. The van der Waals surface area contributed by atoms with E-state index in [4.69, 9.17) is 9.47 Å². The number of carbonyl (C=O) groups is 2. The normalized spacial score (nSPS) is 10.9. The van der Waals surface area contributed by atoms with Crippen molar-refractivity contribution in [1.82, 2.24) is 0 Å². The van der Waals surface area contributed by atoms with Crippen molar-refractivity contribution in [2.24, 2.45) is 0 Å². The van der Waals surface area contributed by atoms with Gasteiger partial charge in [-0.1, -0.05) is 12.1 Å². The van der Waals surface area contributed by atoms with Crippen LogP contribution in [0.1, 0.15) is 13.8 Å². The summed E-state index contributed by atoms with van der Waals surface area (Å²) in [7, 11) is -0.908. The molecule has 0 aliphatic rings. The number of rotatable bonds is 4. The Morgan fingerprint density at radius 1 is 1.33 bits per heavy atom. The molecule has 6 heteroatoms. The molecule has 1 heterocycles. The van der Waals surface area contributed by atoms with Gasteiger partial charge in [-0.2, -0.15) is 11.3 Å². The summed E-state index contributed by atoms with van der Waals surface area (Å²) < 4.78 is 11.0. The smallest absolute Gasteiger partial charge is 0.305 e. The molecule has 15 heavy (non-hydrogen) atoms. The minimum Gasteiger partial charge on any atom is -0.430 e. The third kappa shape index (κ3) is 4.75. The Morgan fingerprint density at radius 2 is 1.93 bits per heavy atom. The second-order valence-corrected chi connectivity index (χ2v) is 6.31. The van der Waals surface area contributed by atoms with Crippen molar-refractivity contribution in [3.8, 4) is 0 Å². The Morgan fingerprint density at radius 3 is 2.33 bits per heavy atom. The van der Waals surface area contributed by atoms with Crippen LogP contribution in [-0.2, 0) is 19.1 Å². The van der Waals surface area contributed by atoms with Gasteiger partial charge in [0.2, 0.25) is 5.91 Å². The largest absolute Gasteiger partial charge is 0.430 e. The molecular formula is C9H12O4SSi. The molecule has 0 aromatic carbocycles. The molecular weight excluding hydrogens is 232 g/mol. The van der Waals surface area contributed by atoms with Crippen molar-refractivity contribution in [3.63, 3.8) is 0 Å². The van der Waals surface area contributed by atoms with E-state index in [1.807, 2.05) is 17.5 Å². The number of carbonyl (C=O) groups excluding carboxylic acids is 2. The minimum absolute atomic E-state index is 0.426. The molecule has 82 valence electrons. The first-order chi connectivity index (χ1) is 7.08. The molecule has 1 aromatic heterocycles. The van der Waals surface area contributed by atoms with E-state index in [2.05, 4.69) is 0 Å². The van der Waals surface area contributed by atoms with E-state index < -0.39 is 27.4 Å². The molecule has 0 saturated carbocycles. The van der Waals surface area contributed by atoms with Gasteiger partial charge >= 0.3 is 11.9 Å². The lowest BCUT2D eigenvalue weighted by molar-refractivity contribution is -0.171. The summed E-state index contributed by atoms with van der Waals surface area (Å²) in [6, 6.07) is 3.88. The van der Waals surface area contributed by atoms with Gasteiger partial charge in [-0.25, -0.2) is 0 Å². The number of esters is 2. The van der Waals surface area contributed by atoms with Crippen molar-refractivity contribution < 1.29 is 19.1 Å². The van der Waals surface area contributed by atoms with Gasteiger partial charge in [0, 0.05) is 13.8 Å². The van der Waals surface area contributed by atoms with E-state index in [0.717, 1.165) is 4.50 Å². The lowest BCUT2D eigenvalue weighted by Crippen LogP contribution is -2.34. The van der Waals surface area contributed by atoms with Gasteiger partial charge in [-0.3, -0.25) is 9.59 Å². The summed E-state index contributed by atoms with van der Waals surface area (Å²) in [5, 5.41) is 1.95. The molecule has 0 saturated heterocycles. The van der Waals surface area contributed by atoms with E-state index in [0.29, 0.717) is 0 Å². The molecule has 0 fully saturated rings. The molecule has 0 aliphatic carbocycles. The maximum Gasteiger partial charge on any atom is 0.305 e. The molecule has 0 amide bonds. The fourth-order valence-corrected chi connectivity index (χ4v) is 3.88. The average Bonchev–Trinajstić information content (AvgIpc) is 2.53. The third-order valence-corrected chi connectivity index (χ3v) is 4.58. The third-order valence-electron chi connectivity index (χ3n) is 1.54. The Bertz CT molecular complexity index is 320. The van der Waals surface area contributed by atoms with E-state index in [1.165, 1.54) is 13.8 Å². The first-order valence-corrected chi connectivity index (χ1v) is 6.85. The number of hydrogen-bond acceptors (Lipinski definition) is 5. The summed E-state index contributed by atoms with van der Waals surface area (Å²) in [5.74, 6) is -1.53. The lowest BCUT2D eigenvalue weighted by atomic mass is 10.7. The molecule has 0 aliphatic heterocycles. The van der Waals surface area contributed by atoms with Crippen LogP contribution in [0.5, 0.6) is 0 Å². The van der Waals surface area contributed by atoms with Crippen LogP contribution >= 0.6 is 11.3 Å².